The smallest absolute Gasteiger partial charge is 0.367 e. The van der Waals surface area contributed by atoms with Gasteiger partial charge in [-0.2, -0.15) is 18.3 Å². The largest absolute Gasteiger partial charge is 0.451 e. The molecule has 0 aromatic carbocycles. The number of carbonyl (C=O) groups excluding carboxylic acids is 2. The zero-order valence-corrected chi connectivity index (χ0v) is 20.1. The topological polar surface area (TPSA) is 116 Å². The van der Waals surface area contributed by atoms with Crippen LogP contribution in [0.4, 0.5) is 30.6 Å². The minimum Gasteiger partial charge on any atom is -0.367 e. The van der Waals surface area contributed by atoms with Crippen molar-refractivity contribution in [2.24, 2.45) is 5.41 Å². The number of alkyl halides is 3. The third-order valence-electron chi connectivity index (χ3n) is 7.72. The van der Waals surface area contributed by atoms with Crippen molar-refractivity contribution in [3.63, 3.8) is 0 Å². The Hall–Kier alpha value is -3.70. The van der Waals surface area contributed by atoms with Crippen LogP contribution in [0.15, 0.2) is 30.5 Å². The molecule has 0 radical (unpaired) electrons. The van der Waals surface area contributed by atoms with Crippen LogP contribution in [0.2, 0.25) is 0 Å². The Morgan fingerprint density at radius 1 is 1.14 bits per heavy atom. The van der Waals surface area contributed by atoms with Crippen molar-refractivity contribution in [1.82, 2.24) is 25.1 Å². The molecule has 3 fully saturated rings. The molecule has 3 atom stereocenters. The molecule has 1 amide bonds. The van der Waals surface area contributed by atoms with Gasteiger partial charge >= 0.3 is 6.18 Å². The number of fused-ring (bicyclic) bond motifs is 3. The molecule has 2 aliphatic heterocycles. The molecule has 37 heavy (non-hydrogen) atoms. The van der Waals surface area contributed by atoms with Gasteiger partial charge in [0.1, 0.15) is 17.1 Å². The lowest BCUT2D eigenvalue weighted by molar-refractivity contribution is -0.181. The Kier molecular flexibility index (Phi) is 5.39. The van der Waals surface area contributed by atoms with Crippen LogP contribution in [0.25, 0.3) is 10.9 Å². The number of ketones is 1. The summed E-state index contributed by atoms with van der Waals surface area (Å²) < 4.78 is 39.5. The highest BCUT2D eigenvalue weighted by atomic mass is 19.4. The first-order valence-electron chi connectivity index (χ1n) is 12.4. The number of halogens is 3. The van der Waals surface area contributed by atoms with Crippen LogP contribution >= 0.6 is 0 Å². The lowest BCUT2D eigenvalue weighted by Gasteiger charge is -2.41. The van der Waals surface area contributed by atoms with E-state index in [4.69, 9.17) is 4.98 Å². The van der Waals surface area contributed by atoms with Crippen molar-refractivity contribution in [3.05, 3.63) is 36.2 Å². The SMILES string of the molecule is Cc1cc(Nc2cc3ncccc3c(NC3C[C@H]4CC[C@@H](C3)N4C(=O)C3(C(=O)C(F)(F)F)CC3)n2)n[nH]1. The molecule has 1 unspecified atom stereocenters. The normalized spacial score (nSPS) is 24.2. The minimum absolute atomic E-state index is 0.0278. The molecule has 2 bridgehead atoms. The van der Waals surface area contributed by atoms with E-state index >= 15 is 0 Å². The lowest BCUT2D eigenvalue weighted by atomic mass is 9.92. The second-order valence-corrected chi connectivity index (χ2v) is 10.3. The van der Waals surface area contributed by atoms with Gasteiger partial charge in [0.2, 0.25) is 5.91 Å². The Labute approximate surface area is 210 Å². The number of carbonyl (C=O) groups is 2. The van der Waals surface area contributed by atoms with Crippen LogP contribution < -0.4 is 10.6 Å². The fourth-order valence-electron chi connectivity index (χ4n) is 5.86. The number of hydrogen-bond acceptors (Lipinski definition) is 7. The number of aromatic nitrogens is 4. The number of amides is 1. The maximum absolute atomic E-state index is 13.2. The van der Waals surface area contributed by atoms with Crippen molar-refractivity contribution in [2.45, 2.75) is 69.8 Å². The van der Waals surface area contributed by atoms with Crippen LogP contribution in [0.5, 0.6) is 0 Å². The first-order chi connectivity index (χ1) is 17.6. The van der Waals surface area contributed by atoms with E-state index < -0.39 is 23.3 Å². The number of aromatic amines is 1. The second-order valence-electron chi connectivity index (χ2n) is 10.3. The zero-order valence-electron chi connectivity index (χ0n) is 20.1. The summed E-state index contributed by atoms with van der Waals surface area (Å²) >= 11 is 0. The van der Waals surface area contributed by atoms with Gasteiger partial charge in [-0.05, 0) is 57.6 Å². The van der Waals surface area contributed by atoms with Gasteiger partial charge in [-0.25, -0.2) is 4.98 Å². The Balaban J connectivity index is 1.22. The van der Waals surface area contributed by atoms with Gasteiger partial charge in [0.05, 0.1) is 5.52 Å². The van der Waals surface area contributed by atoms with Crippen LogP contribution in [0, 0.1) is 12.3 Å². The van der Waals surface area contributed by atoms with Crippen molar-refractivity contribution in [2.75, 3.05) is 10.6 Å². The summed E-state index contributed by atoms with van der Waals surface area (Å²) in [6.45, 7) is 1.90. The number of Topliss-reactive ketones (excluding diaryl/α,β-unsaturated/α-hetero) is 1. The number of hydrogen-bond donors (Lipinski definition) is 3. The van der Waals surface area contributed by atoms with E-state index in [0.717, 1.165) is 16.6 Å². The molecule has 3 aromatic heterocycles. The molecule has 2 saturated heterocycles. The number of anilines is 3. The molecule has 0 spiro atoms. The Bertz CT molecular complexity index is 1370. The number of rotatable bonds is 6. The first kappa shape index (κ1) is 23.7. The summed E-state index contributed by atoms with van der Waals surface area (Å²) in [4.78, 5) is 36.1. The molecule has 1 saturated carbocycles. The summed E-state index contributed by atoms with van der Waals surface area (Å²) in [6.07, 6.45) is -0.799. The minimum atomic E-state index is -5.00. The predicted molar refractivity (Wildman–Crippen MR) is 129 cm³/mol. The molecular weight excluding hydrogens is 487 g/mol. The van der Waals surface area contributed by atoms with E-state index in [0.29, 0.717) is 43.1 Å². The van der Waals surface area contributed by atoms with E-state index in [1.54, 1.807) is 11.1 Å². The monoisotopic (exact) mass is 513 g/mol. The van der Waals surface area contributed by atoms with Crippen molar-refractivity contribution < 1.29 is 22.8 Å². The highest BCUT2D eigenvalue weighted by Crippen LogP contribution is 2.54. The van der Waals surface area contributed by atoms with E-state index in [2.05, 4.69) is 25.8 Å². The Morgan fingerprint density at radius 2 is 1.86 bits per heavy atom. The summed E-state index contributed by atoms with van der Waals surface area (Å²) in [5.74, 6) is -0.718. The molecule has 3 N–H and O–H groups in total. The average Bonchev–Trinajstić information content (AvgIpc) is 3.49. The summed E-state index contributed by atoms with van der Waals surface area (Å²) in [7, 11) is 0. The molecule has 6 rings (SSSR count). The quantitative estimate of drug-likeness (QED) is 0.422. The van der Waals surface area contributed by atoms with E-state index in [1.807, 2.05) is 31.2 Å². The van der Waals surface area contributed by atoms with Crippen LogP contribution in [0.3, 0.4) is 0 Å². The van der Waals surface area contributed by atoms with Crippen LogP contribution in [0.1, 0.15) is 44.2 Å². The lowest BCUT2D eigenvalue weighted by Crippen LogP contribution is -2.54. The maximum Gasteiger partial charge on any atom is 0.451 e. The van der Waals surface area contributed by atoms with E-state index in [1.165, 1.54) is 0 Å². The summed E-state index contributed by atoms with van der Waals surface area (Å²) in [5.41, 5.74) is -0.263. The van der Waals surface area contributed by atoms with Gasteiger partial charge < -0.3 is 15.5 Å². The van der Waals surface area contributed by atoms with Crippen LogP contribution in [-0.4, -0.2) is 61.1 Å². The van der Waals surface area contributed by atoms with Gasteiger partial charge in [-0.1, -0.05) is 0 Å². The van der Waals surface area contributed by atoms with Crippen molar-refractivity contribution in [3.8, 4) is 0 Å². The van der Waals surface area contributed by atoms with Gasteiger partial charge in [-0.3, -0.25) is 19.7 Å². The van der Waals surface area contributed by atoms with Crippen molar-refractivity contribution >= 4 is 40.0 Å². The van der Waals surface area contributed by atoms with E-state index in [-0.39, 0.29) is 31.0 Å². The summed E-state index contributed by atoms with van der Waals surface area (Å²) in [6, 6.07) is 7.00. The highest BCUT2D eigenvalue weighted by Gasteiger charge is 2.67. The van der Waals surface area contributed by atoms with Gasteiger partial charge in [0, 0.05) is 47.5 Å². The summed E-state index contributed by atoms with van der Waals surface area (Å²) in [5, 5.41) is 14.6. The molecule has 3 aliphatic rings. The highest BCUT2D eigenvalue weighted by molar-refractivity contribution is 6.11. The first-order valence-corrected chi connectivity index (χ1v) is 12.4. The molecule has 1 aliphatic carbocycles. The second kappa shape index (κ2) is 8.42. The van der Waals surface area contributed by atoms with Crippen LogP contribution in [-0.2, 0) is 9.59 Å². The zero-order chi connectivity index (χ0) is 25.9. The van der Waals surface area contributed by atoms with Crippen molar-refractivity contribution in [1.29, 1.82) is 0 Å². The number of piperidine rings is 1. The molecular formula is C25H26F3N7O2. The molecule has 12 heteroatoms. The Morgan fingerprint density at radius 3 is 2.49 bits per heavy atom. The number of H-pyrrole nitrogens is 1. The third-order valence-corrected chi connectivity index (χ3v) is 7.72. The van der Waals surface area contributed by atoms with Gasteiger partial charge in [0.25, 0.3) is 5.78 Å². The standard InChI is InChI=1S/C25H26F3N7O2/c1-13-9-20(34-33-13)31-19-12-18-17(3-2-8-29-18)21(32-19)30-14-10-15-4-5-16(11-14)35(15)23(37)24(6-7-24)22(36)25(26,27)28/h2-3,8-9,12,14-16H,4-7,10-11H2,1H3,(H3,30,31,32,33,34)/t14?,15-,16+. The number of nitrogens with zero attached hydrogens (tertiary/aromatic N) is 4. The van der Waals surface area contributed by atoms with E-state index in [9.17, 15) is 22.8 Å². The fraction of sp³-hybridized carbons (Fsp3) is 0.480. The molecule has 9 nitrogen and oxygen atoms in total. The van der Waals surface area contributed by atoms with Gasteiger partial charge in [-0.15, -0.1) is 0 Å². The number of nitrogens with one attached hydrogen (secondary N) is 3. The number of aryl methyl sites for hydroxylation is 1. The third kappa shape index (κ3) is 4.17. The molecule has 5 heterocycles. The predicted octanol–water partition coefficient (Wildman–Crippen LogP) is 4.25. The van der Waals surface area contributed by atoms with Gasteiger partial charge in [0.15, 0.2) is 5.82 Å². The molecule has 3 aromatic rings. The fourth-order valence-corrected chi connectivity index (χ4v) is 5.86. The molecule has 194 valence electrons. The maximum atomic E-state index is 13.2. The number of pyridine rings is 2. The average molecular weight is 514 g/mol.